The molecular weight excluding hydrogens is 435 g/mol. The molecule has 0 saturated carbocycles. The average molecular weight is 461 g/mol. The third-order valence-corrected chi connectivity index (χ3v) is 5.86. The van der Waals surface area contributed by atoms with Crippen molar-refractivity contribution in [3.63, 3.8) is 0 Å². The van der Waals surface area contributed by atoms with E-state index in [4.69, 9.17) is 14.2 Å². The Labute approximate surface area is 196 Å². The van der Waals surface area contributed by atoms with Gasteiger partial charge in [0.05, 0.1) is 19.2 Å². The molecule has 0 spiro atoms. The first-order valence-electron chi connectivity index (χ1n) is 11.1. The molecule has 1 aliphatic rings. The Morgan fingerprint density at radius 2 is 1.91 bits per heavy atom. The van der Waals surface area contributed by atoms with Crippen LogP contribution in [0.1, 0.15) is 11.1 Å². The number of methoxy groups -OCH3 is 1. The fraction of sp³-hybridized carbons (Fsp3) is 0.222. The SMILES string of the molecule is COc1cccc(Cn2c(=O)c(CNC[C@@H]3COc4ccccc4O3)cc3ccc(F)cc32)c1. The van der Waals surface area contributed by atoms with Crippen LogP contribution in [0.25, 0.3) is 10.9 Å². The number of hydrogen-bond acceptors (Lipinski definition) is 5. The molecular formula is C27H25FN2O4. The molecule has 7 heteroatoms. The fourth-order valence-electron chi connectivity index (χ4n) is 4.17. The van der Waals surface area contributed by atoms with Crippen LogP contribution in [-0.2, 0) is 13.1 Å². The highest BCUT2D eigenvalue weighted by molar-refractivity contribution is 5.79. The van der Waals surface area contributed by atoms with E-state index in [0.717, 1.165) is 16.7 Å². The van der Waals surface area contributed by atoms with Crippen molar-refractivity contribution in [1.29, 1.82) is 0 Å². The predicted octanol–water partition coefficient (Wildman–Crippen LogP) is 4.13. The summed E-state index contributed by atoms with van der Waals surface area (Å²) in [4.78, 5) is 13.4. The molecule has 1 N–H and O–H groups in total. The van der Waals surface area contributed by atoms with E-state index < -0.39 is 0 Å². The molecule has 0 fully saturated rings. The number of para-hydroxylation sites is 2. The number of aromatic nitrogens is 1. The van der Waals surface area contributed by atoms with Gasteiger partial charge in [0.15, 0.2) is 11.5 Å². The minimum Gasteiger partial charge on any atom is -0.497 e. The molecule has 0 saturated heterocycles. The lowest BCUT2D eigenvalue weighted by Crippen LogP contribution is -2.39. The maximum atomic E-state index is 14.0. The number of nitrogens with zero attached hydrogens (tertiary/aromatic N) is 1. The Kier molecular flexibility index (Phi) is 6.18. The zero-order valence-electron chi connectivity index (χ0n) is 18.8. The van der Waals surface area contributed by atoms with Crippen molar-refractivity contribution in [2.45, 2.75) is 19.2 Å². The molecule has 3 aromatic carbocycles. The second-order valence-corrected chi connectivity index (χ2v) is 8.24. The predicted molar refractivity (Wildman–Crippen MR) is 128 cm³/mol. The number of rotatable bonds is 7. The summed E-state index contributed by atoms with van der Waals surface area (Å²) < 4.78 is 32.7. The fourth-order valence-corrected chi connectivity index (χ4v) is 4.17. The highest BCUT2D eigenvalue weighted by Gasteiger charge is 2.20. The number of nitrogens with one attached hydrogen (secondary N) is 1. The number of halogens is 1. The zero-order valence-corrected chi connectivity index (χ0v) is 18.8. The lowest BCUT2D eigenvalue weighted by atomic mass is 10.1. The van der Waals surface area contributed by atoms with Gasteiger partial charge in [0.2, 0.25) is 0 Å². The van der Waals surface area contributed by atoms with Crippen LogP contribution in [0.3, 0.4) is 0 Å². The standard InChI is InChI=1S/C27H25FN2O4/c1-32-22-6-4-5-18(11-22)16-30-24-13-21(28)10-9-19(24)12-20(27(30)31)14-29-15-23-17-33-25-7-2-3-8-26(25)34-23/h2-13,23,29H,14-17H2,1H3/t23-/m1/s1. The lowest BCUT2D eigenvalue weighted by Gasteiger charge is -2.26. The normalized spacial score (nSPS) is 14.8. The van der Waals surface area contributed by atoms with E-state index in [0.29, 0.717) is 48.8 Å². The molecule has 0 aliphatic carbocycles. The van der Waals surface area contributed by atoms with E-state index in [-0.39, 0.29) is 17.5 Å². The minimum absolute atomic E-state index is 0.163. The molecule has 34 heavy (non-hydrogen) atoms. The Balaban J connectivity index is 1.38. The molecule has 2 heterocycles. The first-order valence-corrected chi connectivity index (χ1v) is 11.1. The monoisotopic (exact) mass is 460 g/mol. The van der Waals surface area contributed by atoms with Crippen LogP contribution in [0.2, 0.25) is 0 Å². The molecule has 174 valence electrons. The quantitative estimate of drug-likeness (QED) is 0.450. The van der Waals surface area contributed by atoms with E-state index in [1.165, 1.54) is 12.1 Å². The maximum absolute atomic E-state index is 14.0. The summed E-state index contributed by atoms with van der Waals surface area (Å²) in [5, 5.41) is 4.11. The molecule has 5 rings (SSSR count). The van der Waals surface area contributed by atoms with Gasteiger partial charge < -0.3 is 24.1 Å². The van der Waals surface area contributed by atoms with Crippen molar-refractivity contribution in [3.05, 3.63) is 100 Å². The van der Waals surface area contributed by atoms with Crippen LogP contribution < -0.4 is 25.1 Å². The molecule has 0 bridgehead atoms. The van der Waals surface area contributed by atoms with Crippen molar-refractivity contribution >= 4 is 10.9 Å². The number of pyridine rings is 1. The number of hydrogen-bond donors (Lipinski definition) is 1. The van der Waals surface area contributed by atoms with Gasteiger partial charge in [0.1, 0.15) is 24.3 Å². The summed E-state index contributed by atoms with van der Waals surface area (Å²) in [6.07, 6.45) is -0.163. The smallest absolute Gasteiger partial charge is 0.255 e. The van der Waals surface area contributed by atoms with Crippen LogP contribution in [0, 0.1) is 5.82 Å². The summed E-state index contributed by atoms with van der Waals surface area (Å²) in [6.45, 7) is 1.61. The van der Waals surface area contributed by atoms with Gasteiger partial charge in [-0.05, 0) is 59.5 Å². The topological polar surface area (TPSA) is 61.7 Å². The van der Waals surface area contributed by atoms with Gasteiger partial charge in [-0.3, -0.25) is 4.79 Å². The van der Waals surface area contributed by atoms with Gasteiger partial charge in [-0.25, -0.2) is 4.39 Å². The Bertz CT molecular complexity index is 1380. The van der Waals surface area contributed by atoms with E-state index in [1.807, 2.05) is 54.6 Å². The number of fused-ring (bicyclic) bond motifs is 2. The first kappa shape index (κ1) is 22.0. The lowest BCUT2D eigenvalue weighted by molar-refractivity contribution is 0.0902. The van der Waals surface area contributed by atoms with Crippen molar-refractivity contribution in [1.82, 2.24) is 9.88 Å². The highest BCUT2D eigenvalue weighted by atomic mass is 19.1. The van der Waals surface area contributed by atoms with Crippen LogP contribution in [-0.4, -0.2) is 30.9 Å². The molecule has 1 aromatic heterocycles. The third kappa shape index (κ3) is 4.61. The summed E-state index contributed by atoms with van der Waals surface area (Å²) >= 11 is 0. The Morgan fingerprint density at radius 1 is 1.06 bits per heavy atom. The van der Waals surface area contributed by atoms with Crippen LogP contribution >= 0.6 is 0 Å². The first-order chi connectivity index (χ1) is 16.6. The van der Waals surface area contributed by atoms with Gasteiger partial charge in [0, 0.05) is 18.7 Å². The molecule has 0 amide bonds. The molecule has 1 aliphatic heterocycles. The summed E-state index contributed by atoms with van der Waals surface area (Å²) in [5.41, 5.74) is 1.87. The Hall–Kier alpha value is -3.84. The zero-order chi connectivity index (χ0) is 23.5. The molecule has 4 aromatic rings. The highest BCUT2D eigenvalue weighted by Crippen LogP contribution is 2.30. The molecule has 0 radical (unpaired) electrons. The van der Waals surface area contributed by atoms with E-state index in [1.54, 1.807) is 17.7 Å². The van der Waals surface area contributed by atoms with Gasteiger partial charge in [-0.1, -0.05) is 24.3 Å². The van der Waals surface area contributed by atoms with Gasteiger partial charge in [0.25, 0.3) is 5.56 Å². The van der Waals surface area contributed by atoms with E-state index >= 15 is 0 Å². The van der Waals surface area contributed by atoms with Gasteiger partial charge in [-0.2, -0.15) is 0 Å². The Morgan fingerprint density at radius 3 is 2.76 bits per heavy atom. The molecule has 1 atom stereocenters. The second kappa shape index (κ2) is 9.57. The van der Waals surface area contributed by atoms with Gasteiger partial charge >= 0.3 is 0 Å². The van der Waals surface area contributed by atoms with Crippen molar-refractivity contribution in [2.75, 3.05) is 20.3 Å². The maximum Gasteiger partial charge on any atom is 0.255 e. The second-order valence-electron chi connectivity index (χ2n) is 8.24. The molecule has 6 nitrogen and oxygen atoms in total. The van der Waals surface area contributed by atoms with Crippen LogP contribution in [0.5, 0.6) is 17.2 Å². The molecule has 0 unspecified atom stereocenters. The number of ether oxygens (including phenoxy) is 3. The minimum atomic E-state index is -0.383. The van der Waals surface area contributed by atoms with Gasteiger partial charge in [-0.15, -0.1) is 0 Å². The summed E-state index contributed by atoms with van der Waals surface area (Å²) in [6, 6.07) is 21.4. The van der Waals surface area contributed by atoms with Crippen molar-refractivity contribution in [3.8, 4) is 17.2 Å². The van der Waals surface area contributed by atoms with Crippen LogP contribution in [0.15, 0.2) is 77.6 Å². The summed E-state index contributed by atoms with van der Waals surface area (Å²) in [5.74, 6) is 1.77. The van der Waals surface area contributed by atoms with E-state index in [2.05, 4.69) is 5.32 Å². The number of benzene rings is 3. The summed E-state index contributed by atoms with van der Waals surface area (Å²) in [7, 11) is 1.60. The third-order valence-electron chi connectivity index (χ3n) is 5.86. The van der Waals surface area contributed by atoms with E-state index in [9.17, 15) is 9.18 Å². The van der Waals surface area contributed by atoms with Crippen molar-refractivity contribution < 1.29 is 18.6 Å². The average Bonchev–Trinajstić information content (AvgIpc) is 2.86. The largest absolute Gasteiger partial charge is 0.497 e. The van der Waals surface area contributed by atoms with Crippen molar-refractivity contribution in [2.24, 2.45) is 0 Å². The van der Waals surface area contributed by atoms with Crippen LogP contribution in [0.4, 0.5) is 4.39 Å².